The summed E-state index contributed by atoms with van der Waals surface area (Å²) >= 11 is 0. The number of aromatic nitrogens is 2. The number of fused-ring (bicyclic) bond motifs is 1. The Morgan fingerprint density at radius 3 is 2.96 bits per heavy atom. The second-order valence-corrected chi connectivity index (χ2v) is 5.89. The minimum atomic E-state index is -0.354. The van der Waals surface area contributed by atoms with Gasteiger partial charge in [0.1, 0.15) is 0 Å². The van der Waals surface area contributed by atoms with Crippen molar-refractivity contribution in [1.82, 2.24) is 20.4 Å². The number of aryl methyl sites for hydroxylation is 1. The van der Waals surface area contributed by atoms with Gasteiger partial charge in [-0.05, 0) is 25.8 Å². The van der Waals surface area contributed by atoms with Crippen molar-refractivity contribution in [1.29, 1.82) is 0 Å². The van der Waals surface area contributed by atoms with Gasteiger partial charge in [-0.2, -0.15) is 0 Å². The predicted octanol–water partition coefficient (Wildman–Crippen LogP) is 1.84. The van der Waals surface area contributed by atoms with Crippen molar-refractivity contribution in [2.45, 2.75) is 25.7 Å². The summed E-state index contributed by atoms with van der Waals surface area (Å²) in [6.07, 6.45) is 1.34. The summed E-state index contributed by atoms with van der Waals surface area (Å²) in [6.45, 7) is 2.93. The van der Waals surface area contributed by atoms with Crippen molar-refractivity contribution in [3.8, 4) is 0 Å². The Morgan fingerprint density at radius 1 is 1.46 bits per heavy atom. The number of pyridine rings is 1. The zero-order chi connectivity index (χ0) is 17.3. The number of carbonyl (C=O) groups is 2. The van der Waals surface area contributed by atoms with Crippen LogP contribution < -0.4 is 5.32 Å². The van der Waals surface area contributed by atoms with E-state index in [-0.39, 0.29) is 17.9 Å². The fraction of sp³-hybridized carbons (Fsp3) is 0.500. The SMILES string of the molecule is CNC(=O)c1cc(C)nc2onc(C3CCCN(C(=O)OC)C3)c12. The number of nitrogens with one attached hydrogen (secondary N) is 1. The zero-order valence-electron chi connectivity index (χ0n) is 14.0. The number of nitrogens with zero attached hydrogens (tertiary/aromatic N) is 3. The molecule has 0 spiro atoms. The molecule has 0 radical (unpaired) electrons. The average molecular weight is 332 g/mol. The van der Waals surface area contributed by atoms with Gasteiger partial charge in [-0.15, -0.1) is 0 Å². The Bertz CT molecular complexity index is 786. The topological polar surface area (TPSA) is 97.6 Å². The van der Waals surface area contributed by atoms with Crippen LogP contribution in [0.25, 0.3) is 11.1 Å². The number of amides is 2. The van der Waals surface area contributed by atoms with Crippen LogP contribution in [0.15, 0.2) is 10.6 Å². The number of likely N-dealkylation sites (tertiary alicyclic amines) is 1. The maximum atomic E-state index is 12.2. The first-order valence-corrected chi connectivity index (χ1v) is 7.87. The fourth-order valence-corrected chi connectivity index (χ4v) is 3.18. The van der Waals surface area contributed by atoms with Crippen LogP contribution in [-0.2, 0) is 4.74 Å². The average Bonchev–Trinajstić information content (AvgIpc) is 3.03. The van der Waals surface area contributed by atoms with E-state index in [2.05, 4.69) is 15.5 Å². The van der Waals surface area contributed by atoms with Crippen LogP contribution in [0.3, 0.4) is 0 Å². The number of hydrogen-bond acceptors (Lipinski definition) is 6. The lowest BCUT2D eigenvalue weighted by Gasteiger charge is -2.30. The third kappa shape index (κ3) is 2.79. The second-order valence-electron chi connectivity index (χ2n) is 5.89. The van der Waals surface area contributed by atoms with Gasteiger partial charge in [-0.1, -0.05) is 5.16 Å². The largest absolute Gasteiger partial charge is 0.453 e. The number of ether oxygens (including phenoxy) is 1. The molecule has 0 aromatic carbocycles. The summed E-state index contributed by atoms with van der Waals surface area (Å²) in [5, 5.41) is 7.42. The molecule has 8 nitrogen and oxygen atoms in total. The molecule has 1 unspecified atom stereocenters. The normalized spacial score (nSPS) is 17.8. The zero-order valence-corrected chi connectivity index (χ0v) is 14.0. The lowest BCUT2D eigenvalue weighted by Crippen LogP contribution is -2.39. The maximum Gasteiger partial charge on any atom is 0.409 e. The first-order valence-electron chi connectivity index (χ1n) is 7.87. The first kappa shape index (κ1) is 16.2. The standard InChI is InChI=1S/C16H20N4O4/c1-9-7-11(14(21)17-2)12-13(19-24-15(12)18-9)10-5-4-6-20(8-10)16(22)23-3/h7,10H,4-6,8H2,1-3H3,(H,17,21). The molecule has 1 atom stereocenters. The van der Waals surface area contributed by atoms with E-state index in [4.69, 9.17) is 9.26 Å². The number of carbonyl (C=O) groups excluding carboxylic acids is 2. The van der Waals surface area contributed by atoms with E-state index in [1.165, 1.54) is 7.11 Å². The summed E-state index contributed by atoms with van der Waals surface area (Å²) in [7, 11) is 2.95. The molecule has 2 aromatic heterocycles. The van der Waals surface area contributed by atoms with Crippen LogP contribution in [0.4, 0.5) is 4.79 Å². The molecule has 0 aliphatic carbocycles. The lowest BCUT2D eigenvalue weighted by molar-refractivity contribution is 0.0963. The second kappa shape index (κ2) is 6.46. The summed E-state index contributed by atoms with van der Waals surface area (Å²) in [5.74, 6) is -0.234. The van der Waals surface area contributed by atoms with Gasteiger partial charge in [0.15, 0.2) is 0 Å². The molecule has 2 amide bonds. The summed E-state index contributed by atoms with van der Waals surface area (Å²) in [6, 6.07) is 1.72. The van der Waals surface area contributed by atoms with Gasteiger partial charge < -0.3 is 19.5 Å². The highest BCUT2D eigenvalue weighted by Gasteiger charge is 2.30. The van der Waals surface area contributed by atoms with Crippen LogP contribution in [0.5, 0.6) is 0 Å². The minimum Gasteiger partial charge on any atom is -0.453 e. The highest BCUT2D eigenvalue weighted by molar-refractivity contribution is 6.06. The Labute approximate surface area is 139 Å². The molecule has 3 heterocycles. The van der Waals surface area contributed by atoms with Crippen molar-refractivity contribution in [2.75, 3.05) is 27.2 Å². The smallest absolute Gasteiger partial charge is 0.409 e. The van der Waals surface area contributed by atoms with E-state index in [0.717, 1.165) is 12.8 Å². The fourth-order valence-electron chi connectivity index (χ4n) is 3.18. The van der Waals surface area contributed by atoms with Crippen molar-refractivity contribution in [3.63, 3.8) is 0 Å². The van der Waals surface area contributed by atoms with Gasteiger partial charge in [-0.3, -0.25) is 4.79 Å². The van der Waals surface area contributed by atoms with Crippen LogP contribution >= 0.6 is 0 Å². The molecule has 1 fully saturated rings. The van der Waals surface area contributed by atoms with Crippen molar-refractivity contribution >= 4 is 23.1 Å². The minimum absolute atomic E-state index is 0.0213. The van der Waals surface area contributed by atoms with Crippen LogP contribution in [0.2, 0.25) is 0 Å². The summed E-state index contributed by atoms with van der Waals surface area (Å²) in [4.78, 5) is 30.0. The molecule has 1 N–H and O–H groups in total. The third-order valence-electron chi connectivity index (χ3n) is 4.31. The van der Waals surface area contributed by atoms with Crippen LogP contribution in [0.1, 0.15) is 40.5 Å². The molecule has 3 rings (SSSR count). The number of rotatable bonds is 2. The first-order chi connectivity index (χ1) is 11.5. The van der Waals surface area contributed by atoms with Crippen LogP contribution in [-0.4, -0.2) is 54.3 Å². The highest BCUT2D eigenvalue weighted by atomic mass is 16.5. The number of piperidine rings is 1. The summed E-state index contributed by atoms with van der Waals surface area (Å²) in [5.41, 5.74) is 2.19. The van der Waals surface area contributed by atoms with E-state index in [1.807, 2.05) is 0 Å². The van der Waals surface area contributed by atoms with Crippen molar-refractivity contribution in [3.05, 3.63) is 23.0 Å². The highest BCUT2D eigenvalue weighted by Crippen LogP contribution is 2.33. The van der Waals surface area contributed by atoms with Gasteiger partial charge in [0.25, 0.3) is 11.6 Å². The molecular formula is C16H20N4O4. The van der Waals surface area contributed by atoms with E-state index in [1.54, 1.807) is 24.9 Å². The van der Waals surface area contributed by atoms with Crippen molar-refractivity contribution < 1.29 is 18.8 Å². The monoisotopic (exact) mass is 332 g/mol. The lowest BCUT2D eigenvalue weighted by atomic mass is 9.92. The molecule has 1 aliphatic rings. The van der Waals surface area contributed by atoms with E-state index >= 15 is 0 Å². The molecule has 1 aliphatic heterocycles. The van der Waals surface area contributed by atoms with Crippen molar-refractivity contribution in [2.24, 2.45) is 0 Å². The Hall–Kier alpha value is -2.64. The van der Waals surface area contributed by atoms with E-state index < -0.39 is 0 Å². The maximum absolute atomic E-state index is 12.2. The van der Waals surface area contributed by atoms with Gasteiger partial charge in [0.05, 0.1) is 23.8 Å². The molecule has 1 saturated heterocycles. The summed E-state index contributed by atoms with van der Waals surface area (Å²) < 4.78 is 10.2. The third-order valence-corrected chi connectivity index (χ3v) is 4.31. The van der Waals surface area contributed by atoms with Crippen LogP contribution in [0, 0.1) is 6.92 Å². The Morgan fingerprint density at radius 2 is 2.25 bits per heavy atom. The molecule has 128 valence electrons. The Balaban J connectivity index is 2.03. The van der Waals surface area contributed by atoms with E-state index in [0.29, 0.717) is 41.1 Å². The van der Waals surface area contributed by atoms with Gasteiger partial charge >= 0.3 is 6.09 Å². The molecule has 8 heteroatoms. The molecule has 2 aromatic rings. The predicted molar refractivity (Wildman–Crippen MR) is 85.9 cm³/mol. The van der Waals surface area contributed by atoms with E-state index in [9.17, 15) is 9.59 Å². The van der Waals surface area contributed by atoms with Gasteiger partial charge in [0, 0.05) is 31.7 Å². The Kier molecular flexibility index (Phi) is 4.37. The number of methoxy groups -OCH3 is 1. The number of hydrogen-bond donors (Lipinski definition) is 1. The quantitative estimate of drug-likeness (QED) is 0.901. The molecule has 0 saturated carbocycles. The molecular weight excluding hydrogens is 312 g/mol. The molecule has 0 bridgehead atoms. The molecule has 24 heavy (non-hydrogen) atoms. The van der Waals surface area contributed by atoms with Gasteiger partial charge in [0.2, 0.25) is 0 Å². The van der Waals surface area contributed by atoms with Gasteiger partial charge in [-0.25, -0.2) is 9.78 Å².